The summed E-state index contributed by atoms with van der Waals surface area (Å²) in [6.07, 6.45) is 6.10. The molecule has 0 aromatic heterocycles. The Kier molecular flexibility index (Phi) is 9.09. The van der Waals surface area contributed by atoms with Gasteiger partial charge in [0.05, 0.1) is 17.2 Å². The number of unbranched alkanes of at least 4 members (excludes halogenated alkanes) is 4. The van der Waals surface area contributed by atoms with Crippen molar-refractivity contribution >= 4 is 22.4 Å². The third kappa shape index (κ3) is 6.64. The number of aryl methyl sites for hydroxylation is 2. The monoisotopic (exact) mass is 528 g/mol. The lowest BCUT2D eigenvalue weighted by Crippen LogP contribution is -2.00. The second kappa shape index (κ2) is 12.5. The minimum absolute atomic E-state index is 0.0456. The molecule has 4 aromatic carbocycles. The molecular formula is C31H29ClF4O. The molecule has 194 valence electrons. The molecule has 4 rings (SSSR count). The molecule has 0 atom stereocenters. The molecule has 0 bridgehead atoms. The molecule has 0 aliphatic rings. The number of hydrogen-bond acceptors (Lipinski definition) is 1. The Hall–Kier alpha value is -3.05. The number of halogens is 5. The highest BCUT2D eigenvalue weighted by Gasteiger charge is 2.16. The molecule has 0 N–H and O–H groups in total. The quantitative estimate of drug-likeness (QED) is 0.139. The summed E-state index contributed by atoms with van der Waals surface area (Å²) in [5.41, 5.74) is 1.33. The lowest BCUT2D eigenvalue weighted by atomic mass is 9.96. The van der Waals surface area contributed by atoms with Crippen molar-refractivity contribution < 1.29 is 22.3 Å². The molecule has 0 unspecified atom stereocenters. The largest absolute Gasteiger partial charge is 0.493 e. The summed E-state index contributed by atoms with van der Waals surface area (Å²) in [7, 11) is 0. The fraction of sp³-hybridized carbons (Fsp3) is 0.290. The van der Waals surface area contributed by atoms with Crippen LogP contribution in [0.25, 0.3) is 21.9 Å². The zero-order chi connectivity index (χ0) is 26.4. The Bertz CT molecular complexity index is 1360. The Morgan fingerprint density at radius 3 is 2.22 bits per heavy atom. The van der Waals surface area contributed by atoms with E-state index in [0.717, 1.165) is 25.7 Å². The second-order valence-electron chi connectivity index (χ2n) is 9.25. The molecule has 0 saturated heterocycles. The lowest BCUT2D eigenvalue weighted by Gasteiger charge is -2.12. The van der Waals surface area contributed by atoms with Crippen LogP contribution in [0.15, 0.2) is 60.7 Å². The Morgan fingerprint density at radius 2 is 1.49 bits per heavy atom. The van der Waals surface area contributed by atoms with Crippen LogP contribution >= 0.6 is 11.6 Å². The first-order valence-corrected chi connectivity index (χ1v) is 13.0. The van der Waals surface area contributed by atoms with Gasteiger partial charge in [-0.3, -0.25) is 0 Å². The van der Waals surface area contributed by atoms with Gasteiger partial charge in [-0.2, -0.15) is 0 Å². The first-order chi connectivity index (χ1) is 17.9. The van der Waals surface area contributed by atoms with E-state index >= 15 is 4.39 Å². The molecule has 0 aliphatic heterocycles. The van der Waals surface area contributed by atoms with Gasteiger partial charge in [-0.25, -0.2) is 17.6 Å². The van der Waals surface area contributed by atoms with Gasteiger partial charge in [0.15, 0.2) is 0 Å². The zero-order valence-corrected chi connectivity index (χ0v) is 21.5. The molecule has 0 radical (unpaired) electrons. The van der Waals surface area contributed by atoms with E-state index in [1.807, 2.05) is 0 Å². The average Bonchev–Trinajstić information content (AvgIpc) is 2.87. The maximum absolute atomic E-state index is 15.2. The average molecular weight is 529 g/mol. The van der Waals surface area contributed by atoms with E-state index in [0.29, 0.717) is 46.9 Å². The molecule has 0 spiro atoms. The van der Waals surface area contributed by atoms with Crippen LogP contribution in [0.4, 0.5) is 17.6 Å². The van der Waals surface area contributed by atoms with E-state index in [1.54, 1.807) is 24.3 Å². The van der Waals surface area contributed by atoms with Gasteiger partial charge in [0.25, 0.3) is 0 Å². The third-order valence-corrected chi connectivity index (χ3v) is 6.83. The smallest absolute Gasteiger partial charge is 0.142 e. The summed E-state index contributed by atoms with van der Waals surface area (Å²) >= 11 is 5.72. The molecule has 0 heterocycles. The SMILES string of the molecule is CCCCCCCOc1cc(F)c(-c2ccc3c(F)c(CCc4ccc(Cl)c(F)c4)ccc3c2)c(F)c1. The van der Waals surface area contributed by atoms with E-state index in [9.17, 15) is 13.2 Å². The number of rotatable bonds is 11. The minimum Gasteiger partial charge on any atom is -0.493 e. The van der Waals surface area contributed by atoms with Crippen LogP contribution in [0.3, 0.4) is 0 Å². The van der Waals surface area contributed by atoms with Crippen molar-refractivity contribution in [3.05, 3.63) is 100 Å². The van der Waals surface area contributed by atoms with Crippen molar-refractivity contribution in [2.75, 3.05) is 6.61 Å². The highest BCUT2D eigenvalue weighted by Crippen LogP contribution is 2.33. The summed E-state index contributed by atoms with van der Waals surface area (Å²) < 4.78 is 64.3. The van der Waals surface area contributed by atoms with Crippen LogP contribution in [0.2, 0.25) is 5.02 Å². The first-order valence-electron chi connectivity index (χ1n) is 12.6. The summed E-state index contributed by atoms with van der Waals surface area (Å²) in [6.45, 7) is 2.55. The van der Waals surface area contributed by atoms with E-state index < -0.39 is 23.3 Å². The van der Waals surface area contributed by atoms with Crippen molar-refractivity contribution in [2.24, 2.45) is 0 Å². The number of benzene rings is 4. The van der Waals surface area contributed by atoms with Gasteiger partial charge < -0.3 is 4.74 Å². The van der Waals surface area contributed by atoms with Crippen molar-refractivity contribution in [2.45, 2.75) is 51.9 Å². The molecule has 0 aliphatic carbocycles. The highest BCUT2D eigenvalue weighted by atomic mass is 35.5. The second-order valence-corrected chi connectivity index (χ2v) is 9.65. The maximum atomic E-state index is 15.2. The van der Waals surface area contributed by atoms with Crippen molar-refractivity contribution in [1.29, 1.82) is 0 Å². The molecule has 1 nitrogen and oxygen atoms in total. The van der Waals surface area contributed by atoms with Gasteiger partial charge in [-0.1, -0.05) is 74.5 Å². The number of hydrogen-bond donors (Lipinski definition) is 0. The minimum atomic E-state index is -0.729. The fourth-order valence-corrected chi connectivity index (χ4v) is 4.58. The predicted octanol–water partition coefficient (Wildman–Crippen LogP) is 9.85. The Morgan fingerprint density at radius 1 is 0.730 bits per heavy atom. The van der Waals surface area contributed by atoms with Crippen LogP contribution in [0.1, 0.15) is 50.2 Å². The molecule has 0 amide bonds. The van der Waals surface area contributed by atoms with E-state index in [1.165, 1.54) is 42.8 Å². The normalized spacial score (nSPS) is 11.3. The lowest BCUT2D eigenvalue weighted by molar-refractivity contribution is 0.301. The van der Waals surface area contributed by atoms with Crippen LogP contribution < -0.4 is 4.74 Å². The summed E-state index contributed by atoms with van der Waals surface area (Å²) in [4.78, 5) is 0. The maximum Gasteiger partial charge on any atom is 0.142 e. The fourth-order valence-electron chi connectivity index (χ4n) is 4.46. The Balaban J connectivity index is 1.49. The van der Waals surface area contributed by atoms with Crippen molar-refractivity contribution in [3.8, 4) is 16.9 Å². The molecular weight excluding hydrogens is 500 g/mol. The van der Waals surface area contributed by atoms with Gasteiger partial charge >= 0.3 is 0 Å². The number of ether oxygens (including phenoxy) is 1. The van der Waals surface area contributed by atoms with E-state index in [-0.39, 0.29) is 16.3 Å². The van der Waals surface area contributed by atoms with Crippen LogP contribution in [0, 0.1) is 23.3 Å². The van der Waals surface area contributed by atoms with E-state index in [2.05, 4.69) is 6.92 Å². The van der Waals surface area contributed by atoms with Gasteiger partial charge in [0, 0.05) is 17.5 Å². The molecule has 4 aromatic rings. The van der Waals surface area contributed by atoms with Crippen LogP contribution in [-0.4, -0.2) is 6.61 Å². The molecule has 6 heteroatoms. The van der Waals surface area contributed by atoms with Crippen LogP contribution in [0.5, 0.6) is 5.75 Å². The van der Waals surface area contributed by atoms with Gasteiger partial charge in [-0.15, -0.1) is 0 Å². The number of fused-ring (bicyclic) bond motifs is 1. The topological polar surface area (TPSA) is 9.23 Å². The summed E-state index contributed by atoms with van der Waals surface area (Å²) in [5.74, 6) is -2.21. The van der Waals surface area contributed by atoms with Gasteiger partial charge in [0.2, 0.25) is 0 Å². The summed E-state index contributed by atoms with van der Waals surface area (Å²) in [5, 5.41) is 0.930. The molecule has 0 fully saturated rings. The third-order valence-electron chi connectivity index (χ3n) is 6.52. The molecule has 0 saturated carbocycles. The predicted molar refractivity (Wildman–Crippen MR) is 142 cm³/mol. The van der Waals surface area contributed by atoms with E-state index in [4.69, 9.17) is 16.3 Å². The molecule has 37 heavy (non-hydrogen) atoms. The Labute approximate surface area is 220 Å². The summed E-state index contributed by atoms with van der Waals surface area (Å²) in [6, 6.07) is 14.9. The van der Waals surface area contributed by atoms with Crippen molar-refractivity contribution in [1.82, 2.24) is 0 Å². The highest BCUT2D eigenvalue weighted by molar-refractivity contribution is 6.30. The van der Waals surface area contributed by atoms with Gasteiger partial charge in [0.1, 0.15) is 29.0 Å². The zero-order valence-electron chi connectivity index (χ0n) is 20.7. The van der Waals surface area contributed by atoms with Crippen LogP contribution in [-0.2, 0) is 12.8 Å². The standard InChI is InChI=1S/C31H29ClF4O/c1-2-3-4-5-6-15-37-24-18-28(34)30(29(35)19-24)23-12-13-25-22(17-23)11-10-21(31(25)36)9-7-20-8-14-26(32)27(33)16-20/h8,10-14,16-19H,2-7,9,15H2,1H3. The van der Waals surface area contributed by atoms with Gasteiger partial charge in [-0.05, 0) is 59.5 Å². The van der Waals surface area contributed by atoms with Crippen molar-refractivity contribution in [3.63, 3.8) is 0 Å². The first kappa shape index (κ1) is 27.0.